The highest BCUT2D eigenvalue weighted by atomic mass is 79.9. The summed E-state index contributed by atoms with van der Waals surface area (Å²) in [6, 6.07) is 17.6. The number of aliphatic hydroxyl groups excluding tert-OH is 1. The van der Waals surface area contributed by atoms with E-state index < -0.39 is 6.10 Å². The van der Waals surface area contributed by atoms with Gasteiger partial charge in [0.2, 0.25) is 5.89 Å². The first kappa shape index (κ1) is 16.0. The third-order valence-corrected chi connectivity index (χ3v) is 4.35. The van der Waals surface area contributed by atoms with Gasteiger partial charge < -0.3 is 9.52 Å². The van der Waals surface area contributed by atoms with Crippen LogP contribution in [-0.2, 0) is 6.42 Å². The van der Waals surface area contributed by atoms with E-state index in [-0.39, 0.29) is 0 Å². The monoisotopic (exact) mass is 371 g/mol. The van der Waals surface area contributed by atoms with Crippen molar-refractivity contribution in [2.75, 3.05) is 0 Å². The lowest BCUT2D eigenvalue weighted by Crippen LogP contribution is -2.00. The molecule has 0 fully saturated rings. The van der Waals surface area contributed by atoms with Crippen LogP contribution in [0.15, 0.2) is 63.5 Å². The van der Waals surface area contributed by atoms with Crippen molar-refractivity contribution in [3.63, 3.8) is 0 Å². The third-order valence-electron chi connectivity index (χ3n) is 3.82. The number of hydrogen-bond acceptors (Lipinski definition) is 3. The Kier molecular flexibility index (Phi) is 4.94. The summed E-state index contributed by atoms with van der Waals surface area (Å²) in [6.45, 7) is 1.92. The summed E-state index contributed by atoms with van der Waals surface area (Å²) in [4.78, 5) is 4.57. The quantitative estimate of drug-likeness (QED) is 0.680. The SMILES string of the molecule is Cc1oc(-c2ccccc2)nc1CC[C@@H](O)c1ccc(Br)cc1. The molecule has 0 radical (unpaired) electrons. The van der Waals surface area contributed by atoms with Crippen LogP contribution in [0, 0.1) is 6.92 Å². The van der Waals surface area contributed by atoms with Crippen LogP contribution in [0.3, 0.4) is 0 Å². The largest absolute Gasteiger partial charge is 0.441 e. The Morgan fingerprint density at radius 3 is 2.48 bits per heavy atom. The Bertz CT molecular complexity index is 766. The molecule has 0 aliphatic heterocycles. The van der Waals surface area contributed by atoms with E-state index in [9.17, 15) is 5.11 Å². The lowest BCUT2D eigenvalue weighted by atomic mass is 10.0. The second-order valence-electron chi connectivity index (χ2n) is 5.49. The Morgan fingerprint density at radius 2 is 1.78 bits per heavy atom. The fourth-order valence-corrected chi connectivity index (χ4v) is 2.75. The average Bonchev–Trinajstić information content (AvgIpc) is 2.95. The molecule has 1 atom stereocenters. The van der Waals surface area contributed by atoms with Gasteiger partial charge in [-0.25, -0.2) is 4.98 Å². The molecule has 23 heavy (non-hydrogen) atoms. The molecule has 0 spiro atoms. The van der Waals surface area contributed by atoms with Crippen LogP contribution < -0.4 is 0 Å². The minimum absolute atomic E-state index is 0.501. The Labute approximate surface area is 144 Å². The fourth-order valence-electron chi connectivity index (χ4n) is 2.49. The fraction of sp³-hybridized carbons (Fsp3) is 0.211. The zero-order chi connectivity index (χ0) is 16.2. The van der Waals surface area contributed by atoms with Crippen molar-refractivity contribution in [2.24, 2.45) is 0 Å². The Hall–Kier alpha value is -1.91. The Balaban J connectivity index is 1.69. The van der Waals surface area contributed by atoms with E-state index in [1.54, 1.807) is 0 Å². The van der Waals surface area contributed by atoms with Crippen molar-refractivity contribution in [1.29, 1.82) is 0 Å². The zero-order valence-electron chi connectivity index (χ0n) is 12.9. The lowest BCUT2D eigenvalue weighted by Gasteiger charge is -2.10. The number of aliphatic hydroxyl groups is 1. The van der Waals surface area contributed by atoms with Crippen molar-refractivity contribution >= 4 is 15.9 Å². The number of oxazole rings is 1. The van der Waals surface area contributed by atoms with Gasteiger partial charge >= 0.3 is 0 Å². The maximum atomic E-state index is 10.3. The molecule has 0 bridgehead atoms. The zero-order valence-corrected chi connectivity index (χ0v) is 14.5. The maximum absolute atomic E-state index is 10.3. The van der Waals surface area contributed by atoms with Gasteiger partial charge in [-0.15, -0.1) is 0 Å². The van der Waals surface area contributed by atoms with Crippen LogP contribution in [-0.4, -0.2) is 10.1 Å². The number of benzene rings is 2. The Morgan fingerprint density at radius 1 is 1.09 bits per heavy atom. The summed E-state index contributed by atoms with van der Waals surface area (Å²) in [6.07, 6.45) is 0.794. The highest BCUT2D eigenvalue weighted by Gasteiger charge is 2.14. The van der Waals surface area contributed by atoms with E-state index >= 15 is 0 Å². The lowest BCUT2D eigenvalue weighted by molar-refractivity contribution is 0.167. The molecule has 0 amide bonds. The minimum atomic E-state index is -0.501. The van der Waals surface area contributed by atoms with Crippen molar-refractivity contribution in [3.8, 4) is 11.5 Å². The van der Waals surface area contributed by atoms with Crippen LogP contribution in [0.2, 0.25) is 0 Å². The van der Waals surface area contributed by atoms with Crippen molar-refractivity contribution < 1.29 is 9.52 Å². The summed E-state index contributed by atoms with van der Waals surface area (Å²) in [5.41, 5.74) is 2.79. The van der Waals surface area contributed by atoms with Gasteiger partial charge in [0.15, 0.2) is 0 Å². The number of aryl methyl sites for hydroxylation is 2. The summed E-state index contributed by atoms with van der Waals surface area (Å²) < 4.78 is 6.76. The predicted octanol–water partition coefficient (Wildman–Crippen LogP) is 5.08. The van der Waals surface area contributed by atoms with Gasteiger partial charge in [-0.2, -0.15) is 0 Å². The highest BCUT2D eigenvalue weighted by molar-refractivity contribution is 9.10. The van der Waals surface area contributed by atoms with E-state index in [1.807, 2.05) is 61.5 Å². The molecule has 2 aromatic carbocycles. The van der Waals surface area contributed by atoms with E-state index in [4.69, 9.17) is 4.42 Å². The molecule has 0 saturated heterocycles. The highest BCUT2D eigenvalue weighted by Crippen LogP contribution is 2.25. The van der Waals surface area contributed by atoms with E-state index in [0.717, 1.165) is 27.1 Å². The second-order valence-corrected chi connectivity index (χ2v) is 6.41. The first-order chi connectivity index (χ1) is 11.1. The minimum Gasteiger partial charge on any atom is -0.441 e. The van der Waals surface area contributed by atoms with Gasteiger partial charge in [0.05, 0.1) is 11.8 Å². The van der Waals surface area contributed by atoms with E-state index in [2.05, 4.69) is 20.9 Å². The summed E-state index contributed by atoms with van der Waals surface area (Å²) >= 11 is 3.40. The smallest absolute Gasteiger partial charge is 0.226 e. The predicted molar refractivity (Wildman–Crippen MR) is 94.1 cm³/mol. The molecule has 1 heterocycles. The number of halogens is 1. The first-order valence-electron chi connectivity index (χ1n) is 7.59. The molecule has 0 aliphatic rings. The molecule has 0 saturated carbocycles. The molecular weight excluding hydrogens is 354 g/mol. The number of rotatable bonds is 5. The van der Waals surface area contributed by atoms with Crippen molar-refractivity contribution in [2.45, 2.75) is 25.9 Å². The third kappa shape index (κ3) is 3.89. The summed E-state index contributed by atoms with van der Waals surface area (Å²) in [7, 11) is 0. The van der Waals surface area contributed by atoms with Crippen molar-refractivity contribution in [3.05, 3.63) is 76.1 Å². The second kappa shape index (κ2) is 7.11. The van der Waals surface area contributed by atoms with Crippen LogP contribution in [0.25, 0.3) is 11.5 Å². The molecule has 3 aromatic rings. The maximum Gasteiger partial charge on any atom is 0.226 e. The van der Waals surface area contributed by atoms with Gasteiger partial charge in [-0.3, -0.25) is 0 Å². The molecule has 1 N–H and O–H groups in total. The van der Waals surface area contributed by atoms with E-state index in [1.165, 1.54) is 0 Å². The van der Waals surface area contributed by atoms with Gasteiger partial charge in [0, 0.05) is 10.0 Å². The number of nitrogens with zero attached hydrogens (tertiary/aromatic N) is 1. The normalized spacial score (nSPS) is 12.3. The van der Waals surface area contributed by atoms with E-state index in [0.29, 0.717) is 18.7 Å². The van der Waals surface area contributed by atoms with Crippen LogP contribution in [0.5, 0.6) is 0 Å². The van der Waals surface area contributed by atoms with Crippen LogP contribution >= 0.6 is 15.9 Å². The van der Waals surface area contributed by atoms with Crippen LogP contribution in [0.1, 0.15) is 29.5 Å². The number of hydrogen-bond donors (Lipinski definition) is 1. The molecule has 118 valence electrons. The van der Waals surface area contributed by atoms with Crippen molar-refractivity contribution in [1.82, 2.24) is 4.98 Å². The molecule has 1 aromatic heterocycles. The summed E-state index contributed by atoms with van der Waals surface area (Å²) in [5.74, 6) is 1.45. The molecular formula is C19H18BrNO2. The molecule has 3 rings (SSSR count). The first-order valence-corrected chi connectivity index (χ1v) is 8.38. The molecule has 0 unspecified atom stereocenters. The van der Waals surface area contributed by atoms with Crippen LogP contribution in [0.4, 0.5) is 0 Å². The topological polar surface area (TPSA) is 46.3 Å². The molecule has 0 aliphatic carbocycles. The van der Waals surface area contributed by atoms with Gasteiger partial charge in [-0.05, 0) is 49.6 Å². The standard InChI is InChI=1S/C19H18BrNO2/c1-13-17(21-19(23-13)15-5-3-2-4-6-15)11-12-18(22)14-7-9-16(20)10-8-14/h2-10,18,22H,11-12H2,1H3/t18-/m1/s1. The average molecular weight is 372 g/mol. The molecule has 3 nitrogen and oxygen atoms in total. The van der Waals surface area contributed by atoms with Gasteiger partial charge in [-0.1, -0.05) is 46.3 Å². The van der Waals surface area contributed by atoms with Gasteiger partial charge in [0.1, 0.15) is 5.76 Å². The number of aromatic nitrogens is 1. The summed E-state index contributed by atoms with van der Waals surface area (Å²) in [5, 5.41) is 10.3. The molecule has 4 heteroatoms. The van der Waals surface area contributed by atoms with Gasteiger partial charge in [0.25, 0.3) is 0 Å².